The predicted molar refractivity (Wildman–Crippen MR) is 44.0 cm³/mol. The minimum absolute atomic E-state index is 0.126. The van der Waals surface area contributed by atoms with E-state index in [-0.39, 0.29) is 11.3 Å². The van der Waals surface area contributed by atoms with E-state index in [1.807, 2.05) is 0 Å². The van der Waals surface area contributed by atoms with Crippen molar-refractivity contribution in [1.82, 2.24) is 9.97 Å². The van der Waals surface area contributed by atoms with Crippen molar-refractivity contribution >= 4 is 10.9 Å². The second kappa shape index (κ2) is 2.34. The van der Waals surface area contributed by atoms with Crippen molar-refractivity contribution in [1.29, 1.82) is 0 Å². The number of rotatable bonds is 0. The van der Waals surface area contributed by atoms with E-state index in [0.29, 0.717) is 10.9 Å². The minimum Gasteiger partial charge on any atom is -0.494 e. The van der Waals surface area contributed by atoms with E-state index in [9.17, 15) is 4.79 Å². The summed E-state index contributed by atoms with van der Waals surface area (Å²) in [7, 11) is 0. The highest BCUT2D eigenvalue weighted by molar-refractivity contribution is 5.77. The van der Waals surface area contributed by atoms with Gasteiger partial charge < -0.3 is 10.1 Å². The predicted octanol–water partition coefficient (Wildman–Crippen LogP) is 0.629. The standard InChI is InChI=1S/C8H6N2O2/c11-7-3-8(12)10-6-1-2-9-4-5(6)7/h1-4H,(H2,10,11,12). The first-order chi connectivity index (χ1) is 5.77. The van der Waals surface area contributed by atoms with Crippen LogP contribution in [0.2, 0.25) is 0 Å². The van der Waals surface area contributed by atoms with Gasteiger partial charge in [-0.2, -0.15) is 0 Å². The number of aromatic hydroxyl groups is 1. The molecule has 2 rings (SSSR count). The van der Waals surface area contributed by atoms with Gasteiger partial charge in [0.05, 0.1) is 10.9 Å². The summed E-state index contributed by atoms with van der Waals surface area (Å²) in [5, 5.41) is 9.52. The molecule has 0 bridgehead atoms. The first-order valence-corrected chi connectivity index (χ1v) is 3.43. The lowest BCUT2D eigenvalue weighted by Crippen LogP contribution is -2.00. The summed E-state index contributed by atoms with van der Waals surface area (Å²) in [5.74, 6) is -0.126. The van der Waals surface area contributed by atoms with Crippen molar-refractivity contribution in [3.8, 4) is 5.88 Å². The largest absolute Gasteiger partial charge is 0.494 e. The van der Waals surface area contributed by atoms with E-state index in [4.69, 9.17) is 5.11 Å². The molecule has 12 heavy (non-hydrogen) atoms. The molecule has 0 amide bonds. The maximum absolute atomic E-state index is 11.2. The molecule has 0 aliphatic rings. The summed E-state index contributed by atoms with van der Waals surface area (Å²) < 4.78 is 0. The van der Waals surface area contributed by atoms with Crippen molar-refractivity contribution < 1.29 is 5.11 Å². The zero-order valence-corrected chi connectivity index (χ0v) is 6.11. The third-order valence-electron chi connectivity index (χ3n) is 1.62. The number of aromatic nitrogens is 2. The van der Waals surface area contributed by atoms with Crippen LogP contribution in [0.25, 0.3) is 10.9 Å². The molecule has 2 aromatic heterocycles. The average molecular weight is 162 g/mol. The fourth-order valence-corrected chi connectivity index (χ4v) is 1.08. The van der Waals surface area contributed by atoms with Crippen LogP contribution < -0.4 is 5.43 Å². The fourth-order valence-electron chi connectivity index (χ4n) is 1.08. The van der Waals surface area contributed by atoms with Crippen LogP contribution in [0, 0.1) is 0 Å². The molecule has 0 aliphatic heterocycles. The van der Waals surface area contributed by atoms with E-state index < -0.39 is 0 Å². The van der Waals surface area contributed by atoms with Crippen molar-refractivity contribution in [2.45, 2.75) is 0 Å². The Hall–Kier alpha value is -1.84. The van der Waals surface area contributed by atoms with Gasteiger partial charge >= 0.3 is 0 Å². The van der Waals surface area contributed by atoms with Crippen LogP contribution in [-0.2, 0) is 0 Å². The molecule has 2 aromatic rings. The molecular formula is C8H6N2O2. The summed E-state index contributed by atoms with van der Waals surface area (Å²) in [6, 6.07) is 2.76. The smallest absolute Gasteiger partial charge is 0.194 e. The number of H-pyrrole nitrogens is 1. The molecule has 0 saturated carbocycles. The van der Waals surface area contributed by atoms with Crippen LogP contribution in [-0.4, -0.2) is 15.1 Å². The molecule has 0 fully saturated rings. The molecule has 4 nitrogen and oxygen atoms in total. The molecular weight excluding hydrogens is 156 g/mol. The Balaban J connectivity index is 2.99. The number of nitrogens with zero attached hydrogens (tertiary/aromatic N) is 1. The maximum Gasteiger partial charge on any atom is 0.194 e. The van der Waals surface area contributed by atoms with Gasteiger partial charge in [-0.1, -0.05) is 0 Å². The number of fused-ring (bicyclic) bond motifs is 1. The van der Waals surface area contributed by atoms with Crippen LogP contribution >= 0.6 is 0 Å². The lowest BCUT2D eigenvalue weighted by Gasteiger charge is -1.96. The van der Waals surface area contributed by atoms with E-state index in [1.165, 1.54) is 6.20 Å². The van der Waals surface area contributed by atoms with Gasteiger partial charge in [-0.3, -0.25) is 9.78 Å². The number of hydrogen-bond donors (Lipinski definition) is 2. The molecule has 0 atom stereocenters. The molecule has 0 radical (unpaired) electrons. The van der Waals surface area contributed by atoms with Crippen molar-refractivity contribution in [2.24, 2.45) is 0 Å². The first kappa shape index (κ1) is 6.84. The Labute approximate surface area is 67.5 Å². The van der Waals surface area contributed by atoms with Crippen molar-refractivity contribution in [3.63, 3.8) is 0 Å². The number of pyridine rings is 2. The molecule has 0 aliphatic carbocycles. The van der Waals surface area contributed by atoms with E-state index >= 15 is 0 Å². The SMILES string of the molecule is O=c1cc(O)[nH]c2ccncc12. The number of hydrogen-bond acceptors (Lipinski definition) is 3. The molecule has 60 valence electrons. The van der Waals surface area contributed by atoms with Gasteiger partial charge in [0.2, 0.25) is 0 Å². The normalized spacial score (nSPS) is 10.3. The minimum atomic E-state index is -0.227. The highest BCUT2D eigenvalue weighted by atomic mass is 16.3. The Bertz CT molecular complexity index is 476. The second-order valence-corrected chi connectivity index (χ2v) is 2.44. The highest BCUT2D eigenvalue weighted by Gasteiger charge is 1.98. The summed E-state index contributed by atoms with van der Waals surface area (Å²) in [6.07, 6.45) is 3.02. The summed E-state index contributed by atoms with van der Waals surface area (Å²) >= 11 is 0. The quantitative estimate of drug-likeness (QED) is 0.597. The fraction of sp³-hybridized carbons (Fsp3) is 0. The van der Waals surface area contributed by atoms with E-state index in [0.717, 1.165) is 6.07 Å². The molecule has 0 unspecified atom stereocenters. The lowest BCUT2D eigenvalue weighted by atomic mass is 10.3. The number of aromatic amines is 1. The maximum atomic E-state index is 11.2. The second-order valence-electron chi connectivity index (χ2n) is 2.44. The van der Waals surface area contributed by atoms with Crippen LogP contribution in [0.5, 0.6) is 5.88 Å². The summed E-state index contributed by atoms with van der Waals surface area (Å²) in [4.78, 5) is 17.6. The molecule has 0 saturated heterocycles. The number of nitrogens with one attached hydrogen (secondary N) is 1. The Morgan fingerprint density at radius 2 is 2.33 bits per heavy atom. The summed E-state index contributed by atoms with van der Waals surface area (Å²) in [6.45, 7) is 0. The topological polar surface area (TPSA) is 66.0 Å². The third-order valence-corrected chi connectivity index (χ3v) is 1.62. The van der Waals surface area contributed by atoms with Gasteiger partial charge in [-0.05, 0) is 6.07 Å². The first-order valence-electron chi connectivity index (χ1n) is 3.43. The van der Waals surface area contributed by atoms with Crippen LogP contribution in [0.1, 0.15) is 0 Å². The van der Waals surface area contributed by atoms with Gasteiger partial charge in [0, 0.05) is 18.5 Å². The van der Waals surface area contributed by atoms with E-state index in [2.05, 4.69) is 9.97 Å². The van der Waals surface area contributed by atoms with Gasteiger partial charge in [0.25, 0.3) is 0 Å². The molecule has 2 heterocycles. The lowest BCUT2D eigenvalue weighted by molar-refractivity contribution is 0.455. The molecule has 2 N–H and O–H groups in total. The van der Waals surface area contributed by atoms with Gasteiger partial charge in [0.15, 0.2) is 11.3 Å². The van der Waals surface area contributed by atoms with Gasteiger partial charge in [-0.25, -0.2) is 0 Å². The van der Waals surface area contributed by atoms with E-state index in [1.54, 1.807) is 12.3 Å². The Morgan fingerprint density at radius 1 is 1.50 bits per heavy atom. The summed E-state index contributed by atoms with van der Waals surface area (Å²) in [5.41, 5.74) is 0.365. The molecule has 4 heteroatoms. The van der Waals surface area contributed by atoms with Crippen molar-refractivity contribution in [3.05, 3.63) is 34.7 Å². The highest BCUT2D eigenvalue weighted by Crippen LogP contribution is 2.08. The van der Waals surface area contributed by atoms with Gasteiger partial charge in [0.1, 0.15) is 0 Å². The monoisotopic (exact) mass is 162 g/mol. The molecule has 0 aromatic carbocycles. The third kappa shape index (κ3) is 0.934. The van der Waals surface area contributed by atoms with Crippen LogP contribution in [0.3, 0.4) is 0 Å². The van der Waals surface area contributed by atoms with Gasteiger partial charge in [-0.15, -0.1) is 0 Å². The van der Waals surface area contributed by atoms with Crippen LogP contribution in [0.15, 0.2) is 29.3 Å². The zero-order chi connectivity index (χ0) is 8.55. The average Bonchev–Trinajstić information content (AvgIpc) is 2.04. The Kier molecular flexibility index (Phi) is 1.33. The zero-order valence-electron chi connectivity index (χ0n) is 6.11. The molecule has 0 spiro atoms. The van der Waals surface area contributed by atoms with Crippen molar-refractivity contribution in [2.75, 3.05) is 0 Å². The van der Waals surface area contributed by atoms with Crippen LogP contribution in [0.4, 0.5) is 0 Å². The Morgan fingerprint density at radius 3 is 3.17 bits per heavy atom.